The highest BCUT2D eigenvalue weighted by molar-refractivity contribution is 6.17. The van der Waals surface area contributed by atoms with Crippen LogP contribution in [0, 0.1) is 5.92 Å². The average Bonchev–Trinajstić information content (AvgIpc) is 2.27. The standard InChI is InChI=1S/C13H26ClNO2/c1-12(3-7-14)4-8-15(2)11-13(16)5-9-17-10-6-13/h12,16H,3-11H2,1-2H3. The van der Waals surface area contributed by atoms with Gasteiger partial charge in [0.1, 0.15) is 0 Å². The van der Waals surface area contributed by atoms with E-state index in [4.69, 9.17) is 16.3 Å². The van der Waals surface area contributed by atoms with Crippen LogP contribution in [0.15, 0.2) is 0 Å². The summed E-state index contributed by atoms with van der Waals surface area (Å²) in [4.78, 5) is 2.23. The Morgan fingerprint density at radius 1 is 1.35 bits per heavy atom. The van der Waals surface area contributed by atoms with Crippen LogP contribution >= 0.6 is 11.6 Å². The Labute approximate surface area is 110 Å². The van der Waals surface area contributed by atoms with E-state index in [1.165, 1.54) is 0 Å². The van der Waals surface area contributed by atoms with Crippen molar-refractivity contribution in [3.8, 4) is 0 Å². The molecule has 1 fully saturated rings. The maximum Gasteiger partial charge on any atom is 0.0817 e. The largest absolute Gasteiger partial charge is 0.388 e. The van der Waals surface area contributed by atoms with Gasteiger partial charge in [0.05, 0.1) is 5.60 Å². The quantitative estimate of drug-likeness (QED) is 0.714. The minimum atomic E-state index is -0.539. The van der Waals surface area contributed by atoms with Gasteiger partial charge in [-0.05, 0) is 32.4 Å². The van der Waals surface area contributed by atoms with Crippen molar-refractivity contribution in [1.82, 2.24) is 4.90 Å². The highest BCUT2D eigenvalue weighted by atomic mass is 35.5. The third kappa shape index (κ3) is 6.05. The van der Waals surface area contributed by atoms with Crippen molar-refractivity contribution in [3.05, 3.63) is 0 Å². The predicted molar refractivity (Wildman–Crippen MR) is 71.6 cm³/mol. The Kier molecular flexibility index (Phi) is 6.78. The van der Waals surface area contributed by atoms with E-state index in [0.29, 0.717) is 19.1 Å². The van der Waals surface area contributed by atoms with E-state index < -0.39 is 5.60 Å². The summed E-state index contributed by atoms with van der Waals surface area (Å²) < 4.78 is 5.28. The fourth-order valence-corrected chi connectivity index (χ4v) is 2.63. The summed E-state index contributed by atoms with van der Waals surface area (Å²) in [7, 11) is 2.08. The van der Waals surface area contributed by atoms with Gasteiger partial charge in [-0.3, -0.25) is 0 Å². The van der Waals surface area contributed by atoms with Crippen molar-refractivity contribution >= 4 is 11.6 Å². The van der Waals surface area contributed by atoms with Crippen LogP contribution in [0.3, 0.4) is 0 Å². The molecular formula is C13H26ClNO2. The van der Waals surface area contributed by atoms with Gasteiger partial charge < -0.3 is 14.7 Å². The summed E-state index contributed by atoms with van der Waals surface area (Å²) in [5, 5.41) is 10.4. The number of ether oxygens (including phenoxy) is 1. The molecule has 1 aliphatic rings. The first-order valence-electron chi connectivity index (χ1n) is 6.60. The SMILES string of the molecule is CC(CCCl)CCN(C)CC1(O)CCOCC1. The highest BCUT2D eigenvalue weighted by Crippen LogP contribution is 2.21. The molecule has 0 radical (unpaired) electrons. The van der Waals surface area contributed by atoms with Crippen LogP contribution in [0.5, 0.6) is 0 Å². The molecule has 0 bridgehead atoms. The van der Waals surface area contributed by atoms with Gasteiger partial charge in [-0.1, -0.05) is 6.92 Å². The molecular weight excluding hydrogens is 238 g/mol. The fraction of sp³-hybridized carbons (Fsp3) is 1.00. The van der Waals surface area contributed by atoms with Gasteiger partial charge in [-0.15, -0.1) is 11.6 Å². The van der Waals surface area contributed by atoms with Crippen LogP contribution in [0.1, 0.15) is 32.6 Å². The van der Waals surface area contributed by atoms with E-state index >= 15 is 0 Å². The minimum Gasteiger partial charge on any atom is -0.388 e. The first kappa shape index (κ1) is 15.2. The van der Waals surface area contributed by atoms with Crippen LogP contribution < -0.4 is 0 Å². The molecule has 1 N–H and O–H groups in total. The number of hydrogen-bond donors (Lipinski definition) is 1. The van der Waals surface area contributed by atoms with E-state index in [2.05, 4.69) is 18.9 Å². The van der Waals surface area contributed by atoms with Crippen molar-refractivity contribution in [1.29, 1.82) is 0 Å². The Morgan fingerprint density at radius 3 is 2.59 bits per heavy atom. The number of rotatable bonds is 7. The summed E-state index contributed by atoms with van der Waals surface area (Å²) in [5.41, 5.74) is -0.539. The molecule has 0 amide bonds. The van der Waals surface area contributed by atoms with Gasteiger partial charge >= 0.3 is 0 Å². The molecule has 102 valence electrons. The Balaban J connectivity index is 2.21. The van der Waals surface area contributed by atoms with Crippen LogP contribution in [0.4, 0.5) is 0 Å². The summed E-state index contributed by atoms with van der Waals surface area (Å²) in [6.07, 6.45) is 3.74. The summed E-state index contributed by atoms with van der Waals surface area (Å²) in [5.74, 6) is 1.41. The van der Waals surface area contributed by atoms with Crippen LogP contribution in [-0.2, 0) is 4.74 Å². The molecule has 1 aliphatic heterocycles. The van der Waals surface area contributed by atoms with Crippen LogP contribution in [0.2, 0.25) is 0 Å². The molecule has 1 atom stereocenters. The predicted octanol–water partition coefficient (Wildman–Crippen LogP) is 2.11. The normalized spacial score (nSPS) is 21.7. The maximum atomic E-state index is 10.4. The van der Waals surface area contributed by atoms with Gasteiger partial charge in [-0.25, -0.2) is 0 Å². The number of halogens is 1. The lowest BCUT2D eigenvalue weighted by atomic mass is 9.93. The van der Waals surface area contributed by atoms with Crippen LogP contribution in [0.25, 0.3) is 0 Å². The number of hydrogen-bond acceptors (Lipinski definition) is 3. The molecule has 0 spiro atoms. The Bertz CT molecular complexity index is 208. The molecule has 0 aromatic carbocycles. The molecule has 0 aromatic rings. The first-order valence-corrected chi connectivity index (χ1v) is 7.14. The molecule has 1 rings (SSSR count). The molecule has 4 heteroatoms. The molecule has 0 aromatic heterocycles. The first-order chi connectivity index (χ1) is 8.06. The van der Waals surface area contributed by atoms with E-state index in [9.17, 15) is 5.11 Å². The third-order valence-electron chi connectivity index (χ3n) is 3.59. The zero-order valence-electron chi connectivity index (χ0n) is 11.1. The van der Waals surface area contributed by atoms with E-state index in [1.54, 1.807) is 0 Å². The molecule has 0 aliphatic carbocycles. The second-order valence-electron chi connectivity index (χ2n) is 5.45. The van der Waals surface area contributed by atoms with Crippen molar-refractivity contribution in [2.75, 3.05) is 39.2 Å². The maximum absolute atomic E-state index is 10.4. The number of nitrogens with zero attached hydrogens (tertiary/aromatic N) is 1. The average molecular weight is 264 g/mol. The molecule has 0 saturated carbocycles. The van der Waals surface area contributed by atoms with Crippen molar-refractivity contribution in [3.63, 3.8) is 0 Å². The minimum absolute atomic E-state index is 0.539. The van der Waals surface area contributed by atoms with Crippen molar-refractivity contribution in [2.24, 2.45) is 5.92 Å². The molecule has 1 saturated heterocycles. The lowest BCUT2D eigenvalue weighted by molar-refractivity contribution is -0.0771. The van der Waals surface area contributed by atoms with E-state index in [1.807, 2.05) is 0 Å². The highest BCUT2D eigenvalue weighted by Gasteiger charge is 2.30. The Morgan fingerprint density at radius 2 is 2.00 bits per heavy atom. The lowest BCUT2D eigenvalue weighted by Gasteiger charge is -2.35. The zero-order valence-corrected chi connectivity index (χ0v) is 11.9. The summed E-state index contributed by atoms with van der Waals surface area (Å²) >= 11 is 5.72. The van der Waals surface area contributed by atoms with E-state index in [-0.39, 0.29) is 0 Å². The summed E-state index contributed by atoms with van der Waals surface area (Å²) in [6, 6.07) is 0. The van der Waals surface area contributed by atoms with Gasteiger partial charge in [0.25, 0.3) is 0 Å². The van der Waals surface area contributed by atoms with Crippen molar-refractivity contribution < 1.29 is 9.84 Å². The topological polar surface area (TPSA) is 32.7 Å². The second kappa shape index (κ2) is 7.57. The van der Waals surface area contributed by atoms with Crippen molar-refractivity contribution in [2.45, 2.75) is 38.2 Å². The molecule has 17 heavy (non-hydrogen) atoms. The fourth-order valence-electron chi connectivity index (χ4n) is 2.26. The third-order valence-corrected chi connectivity index (χ3v) is 3.81. The molecule has 1 unspecified atom stereocenters. The Hall–Kier alpha value is 0.170. The lowest BCUT2D eigenvalue weighted by Crippen LogP contribution is -2.46. The number of likely N-dealkylation sites (N-methyl/N-ethyl adjacent to an activating group) is 1. The van der Waals surface area contributed by atoms with Gasteiger partial charge in [0.15, 0.2) is 0 Å². The van der Waals surface area contributed by atoms with Gasteiger partial charge in [0, 0.05) is 38.5 Å². The monoisotopic (exact) mass is 263 g/mol. The number of aliphatic hydroxyl groups is 1. The smallest absolute Gasteiger partial charge is 0.0817 e. The van der Waals surface area contributed by atoms with Gasteiger partial charge in [-0.2, -0.15) is 0 Å². The summed E-state index contributed by atoms with van der Waals surface area (Å²) in [6.45, 7) is 5.39. The second-order valence-corrected chi connectivity index (χ2v) is 5.82. The number of alkyl halides is 1. The molecule has 3 nitrogen and oxygen atoms in total. The van der Waals surface area contributed by atoms with Gasteiger partial charge in [0.2, 0.25) is 0 Å². The van der Waals surface area contributed by atoms with Crippen LogP contribution in [-0.4, -0.2) is 54.8 Å². The molecule has 1 heterocycles. The van der Waals surface area contributed by atoms with E-state index in [0.717, 1.165) is 44.7 Å². The zero-order chi connectivity index (χ0) is 12.7.